The third-order valence-corrected chi connectivity index (χ3v) is 5.35. The summed E-state index contributed by atoms with van der Waals surface area (Å²) in [6.45, 7) is 2.17. The monoisotopic (exact) mass is 443 g/mol. The Bertz CT molecular complexity index is 1370. The zero-order chi connectivity index (χ0) is 20.5. The van der Waals surface area contributed by atoms with Gasteiger partial charge in [0.05, 0.1) is 6.21 Å². The summed E-state index contributed by atoms with van der Waals surface area (Å²) in [5.74, 6) is 0. The van der Waals surface area contributed by atoms with Crippen LogP contribution in [0.25, 0.3) is 10.9 Å². The van der Waals surface area contributed by atoms with Crippen LogP contribution in [-0.4, -0.2) is 25.7 Å². The summed E-state index contributed by atoms with van der Waals surface area (Å²) in [4.78, 5) is 12.3. The Hall–Kier alpha value is -2.74. The molecule has 0 atom stereocenters. The molecule has 146 valence electrons. The molecule has 9 heteroatoms. The van der Waals surface area contributed by atoms with Crippen LogP contribution in [0.2, 0.25) is 10.0 Å². The van der Waals surface area contributed by atoms with E-state index in [1.165, 1.54) is 0 Å². The first-order valence-electron chi connectivity index (χ1n) is 8.68. The van der Waals surface area contributed by atoms with Gasteiger partial charge in [0.25, 0.3) is 5.56 Å². The van der Waals surface area contributed by atoms with Gasteiger partial charge in [-0.1, -0.05) is 47.5 Å². The molecular weight excluding hydrogens is 429 g/mol. The summed E-state index contributed by atoms with van der Waals surface area (Å²) in [5, 5.41) is 12.9. The van der Waals surface area contributed by atoms with Gasteiger partial charge in [0.2, 0.25) is 4.77 Å². The maximum absolute atomic E-state index is 12.3. The van der Waals surface area contributed by atoms with Gasteiger partial charge in [0.1, 0.15) is 5.69 Å². The van der Waals surface area contributed by atoms with Crippen molar-refractivity contribution in [2.45, 2.75) is 13.5 Å². The second-order valence-corrected chi connectivity index (χ2v) is 7.67. The molecule has 0 aliphatic carbocycles. The number of aromatic nitrogens is 4. The van der Waals surface area contributed by atoms with Crippen molar-refractivity contribution in [3.63, 3.8) is 0 Å². The molecule has 0 radical (unpaired) electrons. The minimum absolute atomic E-state index is 0.133. The molecule has 6 nitrogen and oxygen atoms in total. The lowest BCUT2D eigenvalue weighted by atomic mass is 10.2. The molecule has 29 heavy (non-hydrogen) atoms. The van der Waals surface area contributed by atoms with Crippen molar-refractivity contribution in [2.75, 3.05) is 0 Å². The van der Waals surface area contributed by atoms with E-state index in [1.54, 1.807) is 19.2 Å². The average molecular weight is 444 g/mol. The molecule has 0 bridgehead atoms. The number of aryl methyl sites for hydroxylation is 1. The van der Waals surface area contributed by atoms with E-state index in [0.717, 1.165) is 26.7 Å². The first-order valence-corrected chi connectivity index (χ1v) is 9.85. The molecule has 0 unspecified atom stereocenters. The lowest BCUT2D eigenvalue weighted by Gasteiger charge is -2.08. The number of nitrogens with zero attached hydrogens (tertiary/aromatic N) is 4. The van der Waals surface area contributed by atoms with E-state index in [0.29, 0.717) is 16.6 Å². The van der Waals surface area contributed by atoms with Crippen LogP contribution < -0.4 is 5.56 Å². The predicted octanol–water partition coefficient (Wildman–Crippen LogP) is 4.80. The fraction of sp³-hybridized carbons (Fsp3) is 0.100. The zero-order valence-corrected chi connectivity index (χ0v) is 17.6. The van der Waals surface area contributed by atoms with Gasteiger partial charge in [-0.25, -0.2) is 0 Å². The molecule has 1 N–H and O–H groups in total. The Morgan fingerprint density at radius 3 is 2.83 bits per heavy atom. The van der Waals surface area contributed by atoms with Gasteiger partial charge in [0, 0.05) is 39.3 Å². The molecule has 2 heterocycles. The Balaban J connectivity index is 1.78. The summed E-state index contributed by atoms with van der Waals surface area (Å²) in [6.07, 6.45) is 3.58. The van der Waals surface area contributed by atoms with E-state index >= 15 is 0 Å². The molecule has 0 spiro atoms. The maximum Gasteiger partial charge on any atom is 0.296 e. The summed E-state index contributed by atoms with van der Waals surface area (Å²) in [7, 11) is 0. The number of fused-ring (bicyclic) bond motifs is 1. The van der Waals surface area contributed by atoms with Crippen molar-refractivity contribution in [2.24, 2.45) is 5.10 Å². The van der Waals surface area contributed by atoms with Crippen LogP contribution in [0.1, 0.15) is 16.8 Å². The van der Waals surface area contributed by atoms with Gasteiger partial charge in [0.15, 0.2) is 0 Å². The van der Waals surface area contributed by atoms with Crippen molar-refractivity contribution < 1.29 is 0 Å². The second kappa shape index (κ2) is 7.94. The van der Waals surface area contributed by atoms with E-state index in [1.807, 2.05) is 42.6 Å². The maximum atomic E-state index is 12.3. The average Bonchev–Trinajstić information content (AvgIpc) is 3.05. The SMILES string of the molecule is Cc1n[nH]c(=S)n(/N=C\c2cn(Cc3ccc(Cl)cc3Cl)c3ccccc23)c1=O. The van der Waals surface area contributed by atoms with E-state index < -0.39 is 0 Å². The van der Waals surface area contributed by atoms with Crippen LogP contribution in [0.4, 0.5) is 0 Å². The van der Waals surface area contributed by atoms with Crippen molar-refractivity contribution in [3.8, 4) is 0 Å². The summed E-state index contributed by atoms with van der Waals surface area (Å²) < 4.78 is 3.33. The standard InChI is InChI=1S/C20H15Cl2N5OS/c1-12-19(28)27(20(29)25-24-12)23-9-14-11-26(18-5-3-2-4-16(14)18)10-13-6-7-15(21)8-17(13)22/h2-9,11H,10H2,1H3,(H,25,29)/b23-9-. The first kappa shape index (κ1) is 19.6. The lowest BCUT2D eigenvalue weighted by Crippen LogP contribution is -2.22. The second-order valence-electron chi connectivity index (χ2n) is 6.44. The topological polar surface area (TPSA) is 68.0 Å². The van der Waals surface area contributed by atoms with Gasteiger partial charge >= 0.3 is 0 Å². The number of aromatic amines is 1. The Labute approximate surface area is 181 Å². The zero-order valence-electron chi connectivity index (χ0n) is 15.3. The molecule has 0 aliphatic rings. The summed E-state index contributed by atoms with van der Waals surface area (Å²) >= 11 is 17.5. The van der Waals surface area contributed by atoms with Crippen molar-refractivity contribution >= 4 is 52.5 Å². The van der Waals surface area contributed by atoms with Gasteiger partial charge in [-0.3, -0.25) is 9.89 Å². The highest BCUT2D eigenvalue weighted by molar-refractivity contribution is 7.71. The molecule has 4 rings (SSSR count). The van der Waals surface area contributed by atoms with E-state index in [2.05, 4.69) is 19.9 Å². The molecule has 2 aromatic carbocycles. The Morgan fingerprint density at radius 2 is 2.03 bits per heavy atom. The largest absolute Gasteiger partial charge is 0.342 e. The molecule has 0 saturated carbocycles. The Kier molecular flexibility index (Phi) is 5.36. The highest BCUT2D eigenvalue weighted by Crippen LogP contribution is 2.25. The van der Waals surface area contributed by atoms with Crippen LogP contribution in [0.5, 0.6) is 0 Å². The number of rotatable bonds is 4. The van der Waals surface area contributed by atoms with Crippen LogP contribution in [-0.2, 0) is 6.54 Å². The minimum atomic E-state index is -0.360. The smallest absolute Gasteiger partial charge is 0.296 e. The highest BCUT2D eigenvalue weighted by atomic mass is 35.5. The molecule has 0 fully saturated rings. The molecule has 0 amide bonds. The number of para-hydroxylation sites is 1. The number of hydrogen-bond donors (Lipinski definition) is 1. The molecule has 0 saturated heterocycles. The van der Waals surface area contributed by atoms with Crippen molar-refractivity contribution in [1.29, 1.82) is 0 Å². The molecule has 0 aliphatic heterocycles. The third-order valence-electron chi connectivity index (χ3n) is 4.50. The van der Waals surface area contributed by atoms with Crippen LogP contribution in [0.15, 0.2) is 58.6 Å². The molecular formula is C20H15Cl2N5OS. The predicted molar refractivity (Wildman–Crippen MR) is 119 cm³/mol. The minimum Gasteiger partial charge on any atom is -0.342 e. The molecule has 4 aromatic rings. The van der Waals surface area contributed by atoms with Gasteiger partial charge in [-0.05, 0) is 42.9 Å². The first-order chi connectivity index (χ1) is 13.9. The number of benzene rings is 2. The van der Waals surface area contributed by atoms with E-state index in [9.17, 15) is 4.79 Å². The number of H-pyrrole nitrogens is 1. The fourth-order valence-corrected chi connectivity index (χ4v) is 3.68. The van der Waals surface area contributed by atoms with E-state index in [4.69, 9.17) is 35.4 Å². The van der Waals surface area contributed by atoms with E-state index in [-0.39, 0.29) is 16.0 Å². The summed E-state index contributed by atoms with van der Waals surface area (Å²) in [6, 6.07) is 13.4. The number of nitrogens with one attached hydrogen (secondary N) is 1. The quantitative estimate of drug-likeness (QED) is 0.363. The number of halogens is 2. The van der Waals surface area contributed by atoms with Crippen molar-refractivity contribution in [3.05, 3.63) is 90.7 Å². The van der Waals surface area contributed by atoms with Crippen LogP contribution in [0.3, 0.4) is 0 Å². The normalized spacial score (nSPS) is 11.6. The van der Waals surface area contributed by atoms with Crippen LogP contribution >= 0.6 is 35.4 Å². The van der Waals surface area contributed by atoms with Crippen molar-refractivity contribution in [1.82, 2.24) is 19.4 Å². The van der Waals surface area contributed by atoms with Crippen LogP contribution in [0, 0.1) is 11.7 Å². The van der Waals surface area contributed by atoms with Gasteiger partial charge < -0.3 is 4.57 Å². The highest BCUT2D eigenvalue weighted by Gasteiger charge is 2.10. The van der Waals surface area contributed by atoms with Gasteiger partial charge in [-0.15, -0.1) is 0 Å². The Morgan fingerprint density at radius 1 is 1.24 bits per heavy atom. The molecule has 2 aromatic heterocycles. The lowest BCUT2D eigenvalue weighted by molar-refractivity contribution is 0.720. The third kappa shape index (κ3) is 3.89. The van der Waals surface area contributed by atoms with Gasteiger partial charge in [-0.2, -0.15) is 14.9 Å². The summed E-state index contributed by atoms with van der Waals surface area (Å²) in [5.41, 5.74) is 2.74. The fourth-order valence-electron chi connectivity index (χ4n) is 3.04. The number of hydrogen-bond acceptors (Lipinski definition) is 4.